The Hall–Kier alpha value is -1.05. The van der Waals surface area contributed by atoms with Gasteiger partial charge >= 0.3 is 0 Å². The number of hydrogen-bond donors (Lipinski definition) is 0. The van der Waals surface area contributed by atoms with Gasteiger partial charge in [-0.3, -0.25) is 0 Å². The molecule has 1 aliphatic rings. The van der Waals surface area contributed by atoms with Gasteiger partial charge in [-0.1, -0.05) is 6.58 Å². The Morgan fingerprint density at radius 2 is 2.44 bits per heavy atom. The normalized spacial score (nSPS) is 16.2. The van der Waals surface area contributed by atoms with E-state index in [1.54, 1.807) is 0 Å². The Morgan fingerprint density at radius 1 is 1.56 bits per heavy atom. The summed E-state index contributed by atoms with van der Waals surface area (Å²) in [7, 11) is 0. The second-order valence-corrected chi connectivity index (χ2v) is 2.23. The van der Waals surface area contributed by atoms with Gasteiger partial charge in [0.05, 0.1) is 5.69 Å². The summed E-state index contributed by atoms with van der Waals surface area (Å²) >= 11 is 0. The Kier molecular flexibility index (Phi) is 0.781. The van der Waals surface area contributed by atoms with Crippen molar-refractivity contribution in [3.63, 3.8) is 0 Å². The predicted octanol–water partition coefficient (Wildman–Crippen LogP) is 1.63. The van der Waals surface area contributed by atoms with E-state index in [1.165, 1.54) is 6.39 Å². The quantitative estimate of drug-likeness (QED) is 0.521. The lowest BCUT2D eigenvalue weighted by molar-refractivity contribution is 0.545. The van der Waals surface area contributed by atoms with Crippen molar-refractivity contribution in [1.29, 1.82) is 0 Å². The zero-order valence-electron chi connectivity index (χ0n) is 5.05. The fourth-order valence-electron chi connectivity index (χ4n) is 1.12. The van der Waals surface area contributed by atoms with Crippen LogP contribution in [0.15, 0.2) is 17.4 Å². The summed E-state index contributed by atoms with van der Waals surface area (Å²) in [6.07, 6.45) is 3.50. The molecule has 0 spiro atoms. The van der Waals surface area contributed by atoms with Crippen LogP contribution < -0.4 is 0 Å². The first-order valence-electron chi connectivity index (χ1n) is 2.98. The summed E-state index contributed by atoms with van der Waals surface area (Å²) in [5.74, 6) is 0.912. The molecule has 0 aromatic carbocycles. The number of aromatic nitrogens is 1. The van der Waals surface area contributed by atoms with Gasteiger partial charge in [0.2, 0.25) is 0 Å². The summed E-state index contributed by atoms with van der Waals surface area (Å²) in [6, 6.07) is 0. The topological polar surface area (TPSA) is 26.0 Å². The van der Waals surface area contributed by atoms with E-state index in [0.717, 1.165) is 29.9 Å². The lowest BCUT2D eigenvalue weighted by Crippen LogP contribution is -1.73. The van der Waals surface area contributed by atoms with E-state index in [1.807, 2.05) is 0 Å². The summed E-state index contributed by atoms with van der Waals surface area (Å²) in [6.45, 7) is 3.83. The molecule has 0 aliphatic heterocycles. The molecule has 1 aromatic heterocycles. The SMILES string of the molecule is C=C1CCc2ncoc21. The molecule has 9 heavy (non-hydrogen) atoms. The minimum Gasteiger partial charge on any atom is -0.444 e. The molecule has 1 aliphatic carbocycles. The lowest BCUT2D eigenvalue weighted by atomic mass is 10.3. The molecule has 0 saturated carbocycles. The van der Waals surface area contributed by atoms with E-state index < -0.39 is 0 Å². The average Bonchev–Trinajstić information content (AvgIpc) is 2.35. The van der Waals surface area contributed by atoms with Gasteiger partial charge in [0.15, 0.2) is 12.2 Å². The van der Waals surface area contributed by atoms with E-state index in [0.29, 0.717) is 0 Å². The van der Waals surface area contributed by atoms with Gasteiger partial charge in [0, 0.05) is 0 Å². The molecule has 0 atom stereocenters. The smallest absolute Gasteiger partial charge is 0.181 e. The molecule has 0 N–H and O–H groups in total. The summed E-state index contributed by atoms with van der Waals surface area (Å²) < 4.78 is 5.08. The monoisotopic (exact) mass is 121 g/mol. The van der Waals surface area contributed by atoms with Crippen molar-refractivity contribution >= 4 is 5.57 Å². The number of hydrogen-bond acceptors (Lipinski definition) is 2. The third-order valence-corrected chi connectivity index (χ3v) is 1.63. The van der Waals surface area contributed by atoms with Crippen LogP contribution in [0.25, 0.3) is 5.57 Å². The molecule has 2 nitrogen and oxygen atoms in total. The van der Waals surface area contributed by atoms with Gasteiger partial charge in [0.1, 0.15) is 0 Å². The van der Waals surface area contributed by atoms with Crippen LogP contribution in [0.1, 0.15) is 17.9 Å². The molecule has 1 aromatic rings. The van der Waals surface area contributed by atoms with Crippen LogP contribution in [-0.2, 0) is 6.42 Å². The minimum absolute atomic E-state index is 0.912. The van der Waals surface area contributed by atoms with E-state index in [9.17, 15) is 0 Å². The number of aryl methyl sites for hydroxylation is 1. The van der Waals surface area contributed by atoms with Crippen LogP contribution in [0.3, 0.4) is 0 Å². The maximum atomic E-state index is 5.08. The van der Waals surface area contributed by atoms with Crippen LogP contribution >= 0.6 is 0 Å². The van der Waals surface area contributed by atoms with Gasteiger partial charge in [-0.05, 0) is 18.4 Å². The first kappa shape index (κ1) is 4.79. The third kappa shape index (κ3) is 0.529. The van der Waals surface area contributed by atoms with Crippen LogP contribution in [-0.4, -0.2) is 4.98 Å². The minimum atomic E-state index is 0.912. The molecule has 0 amide bonds. The molecule has 46 valence electrons. The van der Waals surface area contributed by atoms with Crippen molar-refractivity contribution in [1.82, 2.24) is 4.98 Å². The zero-order valence-corrected chi connectivity index (χ0v) is 5.05. The molecule has 0 radical (unpaired) electrons. The number of rotatable bonds is 0. The zero-order chi connectivity index (χ0) is 6.27. The van der Waals surface area contributed by atoms with E-state index >= 15 is 0 Å². The second kappa shape index (κ2) is 1.47. The maximum Gasteiger partial charge on any atom is 0.181 e. The Morgan fingerprint density at radius 3 is 3.22 bits per heavy atom. The van der Waals surface area contributed by atoms with Crippen LogP contribution in [0.4, 0.5) is 0 Å². The largest absolute Gasteiger partial charge is 0.444 e. The second-order valence-electron chi connectivity index (χ2n) is 2.23. The fraction of sp³-hybridized carbons (Fsp3) is 0.286. The molecule has 0 fully saturated rings. The Labute approximate surface area is 53.2 Å². The van der Waals surface area contributed by atoms with Gasteiger partial charge in [-0.2, -0.15) is 0 Å². The first-order chi connectivity index (χ1) is 4.38. The highest BCUT2D eigenvalue weighted by atomic mass is 16.3. The first-order valence-corrected chi connectivity index (χ1v) is 2.98. The summed E-state index contributed by atoms with van der Waals surface area (Å²) in [4.78, 5) is 4.02. The maximum absolute atomic E-state index is 5.08. The van der Waals surface area contributed by atoms with Crippen molar-refractivity contribution < 1.29 is 4.42 Å². The average molecular weight is 121 g/mol. The van der Waals surface area contributed by atoms with Gasteiger partial charge in [-0.15, -0.1) is 0 Å². The highest BCUT2D eigenvalue weighted by Gasteiger charge is 2.18. The van der Waals surface area contributed by atoms with E-state index in [4.69, 9.17) is 4.42 Å². The van der Waals surface area contributed by atoms with Crippen LogP contribution in [0.2, 0.25) is 0 Å². The van der Waals surface area contributed by atoms with Crippen molar-refractivity contribution in [3.05, 3.63) is 24.4 Å². The van der Waals surface area contributed by atoms with Gasteiger partial charge in [0.25, 0.3) is 0 Å². The van der Waals surface area contributed by atoms with Crippen LogP contribution in [0, 0.1) is 0 Å². The van der Waals surface area contributed by atoms with Crippen molar-refractivity contribution in [2.75, 3.05) is 0 Å². The Balaban J connectivity index is 2.61. The fourth-order valence-corrected chi connectivity index (χ4v) is 1.12. The molecular weight excluding hydrogens is 114 g/mol. The predicted molar refractivity (Wildman–Crippen MR) is 33.9 cm³/mol. The van der Waals surface area contributed by atoms with E-state index in [2.05, 4.69) is 11.6 Å². The number of nitrogens with zero attached hydrogens (tertiary/aromatic N) is 1. The molecule has 0 unspecified atom stereocenters. The lowest BCUT2D eigenvalue weighted by Gasteiger charge is -1.84. The van der Waals surface area contributed by atoms with Crippen LogP contribution in [0.5, 0.6) is 0 Å². The van der Waals surface area contributed by atoms with Gasteiger partial charge < -0.3 is 4.42 Å². The van der Waals surface area contributed by atoms with Crippen molar-refractivity contribution in [2.45, 2.75) is 12.8 Å². The summed E-state index contributed by atoms with van der Waals surface area (Å²) in [5, 5.41) is 0. The van der Waals surface area contributed by atoms with Gasteiger partial charge in [-0.25, -0.2) is 4.98 Å². The van der Waals surface area contributed by atoms with E-state index in [-0.39, 0.29) is 0 Å². The highest BCUT2D eigenvalue weighted by molar-refractivity contribution is 5.64. The Bertz CT molecular complexity index is 249. The molecule has 0 bridgehead atoms. The standard InChI is InChI=1S/C7H7NO/c1-5-2-3-6-7(5)9-4-8-6/h4H,1-3H2. The molecular formula is C7H7NO. The van der Waals surface area contributed by atoms with Crippen molar-refractivity contribution in [2.24, 2.45) is 0 Å². The number of fused-ring (bicyclic) bond motifs is 1. The van der Waals surface area contributed by atoms with Crippen molar-refractivity contribution in [3.8, 4) is 0 Å². The molecule has 2 heteroatoms. The molecule has 2 rings (SSSR count). The molecule has 1 heterocycles. The highest BCUT2D eigenvalue weighted by Crippen LogP contribution is 2.28. The number of oxazole rings is 1. The third-order valence-electron chi connectivity index (χ3n) is 1.63. The molecule has 0 saturated heterocycles. The number of allylic oxidation sites excluding steroid dienone is 1. The summed E-state index contributed by atoms with van der Waals surface area (Å²) in [5.41, 5.74) is 2.16.